The molecule has 0 bridgehead atoms. The summed E-state index contributed by atoms with van der Waals surface area (Å²) < 4.78 is 5.96. The van der Waals surface area contributed by atoms with Crippen LogP contribution in [0.3, 0.4) is 0 Å². The van der Waals surface area contributed by atoms with Crippen molar-refractivity contribution in [2.24, 2.45) is 0 Å². The van der Waals surface area contributed by atoms with Gasteiger partial charge >= 0.3 is 5.97 Å². The summed E-state index contributed by atoms with van der Waals surface area (Å²) in [6.45, 7) is 6.50. The van der Waals surface area contributed by atoms with E-state index < -0.39 is 18.2 Å². The molecular weight excluding hydrogens is 815 g/mol. The second-order valence-corrected chi connectivity index (χ2v) is 20.1. The molecule has 0 rings (SSSR count). The second kappa shape index (κ2) is 54.0. The fourth-order valence-electron chi connectivity index (χ4n) is 9.08. The Hall–Kier alpha value is -1.92. The summed E-state index contributed by atoms with van der Waals surface area (Å²) in [5.74, 6) is -0.479. The van der Waals surface area contributed by atoms with E-state index in [2.05, 4.69) is 62.5 Å². The van der Waals surface area contributed by atoms with Gasteiger partial charge < -0.3 is 20.3 Å². The summed E-state index contributed by atoms with van der Waals surface area (Å²) in [7, 11) is 0. The molecule has 6 heteroatoms. The molecule has 0 saturated heterocycles. The number of hydrogen-bond acceptors (Lipinski definition) is 5. The maximum Gasteiger partial charge on any atom is 0.306 e. The predicted octanol–water partition coefficient (Wildman–Crippen LogP) is 18.0. The van der Waals surface area contributed by atoms with Crippen molar-refractivity contribution in [3.8, 4) is 0 Å². The lowest BCUT2D eigenvalue weighted by Gasteiger charge is -2.24. The summed E-state index contributed by atoms with van der Waals surface area (Å²) in [6.07, 6.45) is 64.9. The van der Waals surface area contributed by atoms with Crippen molar-refractivity contribution in [2.45, 2.75) is 328 Å². The van der Waals surface area contributed by atoms with Gasteiger partial charge in [0.05, 0.1) is 25.2 Å². The normalized spacial score (nSPS) is 13.3. The fraction of sp³-hybridized carbons (Fsp3) is 0.867. The topological polar surface area (TPSA) is 95.9 Å². The molecule has 0 aliphatic carbocycles. The van der Waals surface area contributed by atoms with Gasteiger partial charge in [-0.1, -0.05) is 282 Å². The van der Waals surface area contributed by atoms with Crippen LogP contribution in [0.25, 0.3) is 0 Å². The van der Waals surface area contributed by atoms with Gasteiger partial charge in [-0.15, -0.1) is 0 Å². The average molecular weight is 929 g/mol. The number of aliphatic hydroxyl groups is 2. The molecule has 0 aromatic rings. The zero-order valence-electron chi connectivity index (χ0n) is 44.3. The van der Waals surface area contributed by atoms with Crippen LogP contribution in [0.2, 0.25) is 0 Å². The standard InChI is InChI=1S/C60H113NO5/c1-4-7-10-13-16-19-22-25-27-29-31-33-35-38-41-44-47-50-53-60(65)66-56(51-48-45-42-39-36-34-32-30-28-26-23-20-17-14-11-8-5-2)54-59(64)61-57(55-62)58(63)52-49-46-43-40-37-24-21-18-15-12-9-6-3/h22,25,27,29,31,33,56-58,62-63H,4-21,23-24,26,28,30,32,34-55H2,1-3H3,(H,61,64)/b25-22+,29-27+,33-31+. The summed E-state index contributed by atoms with van der Waals surface area (Å²) in [5.41, 5.74) is 0. The number of esters is 1. The molecule has 0 spiro atoms. The molecule has 0 aliphatic rings. The number of unbranched alkanes of at least 4 members (excludes halogenated alkanes) is 37. The first-order chi connectivity index (χ1) is 32.5. The molecule has 0 saturated carbocycles. The zero-order chi connectivity index (χ0) is 48.1. The Kier molecular flexibility index (Phi) is 52.5. The van der Waals surface area contributed by atoms with Crippen molar-refractivity contribution >= 4 is 11.9 Å². The van der Waals surface area contributed by atoms with Crippen molar-refractivity contribution in [3.63, 3.8) is 0 Å². The lowest BCUT2D eigenvalue weighted by molar-refractivity contribution is -0.151. The minimum absolute atomic E-state index is 0.0739. The summed E-state index contributed by atoms with van der Waals surface area (Å²) >= 11 is 0. The molecule has 3 N–H and O–H groups in total. The van der Waals surface area contributed by atoms with E-state index in [0.717, 1.165) is 64.2 Å². The zero-order valence-corrected chi connectivity index (χ0v) is 44.3. The molecule has 0 radical (unpaired) electrons. The molecule has 3 unspecified atom stereocenters. The third kappa shape index (κ3) is 48.5. The number of carbonyl (C=O) groups excluding carboxylic acids is 2. The van der Waals surface area contributed by atoms with Gasteiger partial charge in [0.1, 0.15) is 6.10 Å². The number of aliphatic hydroxyl groups excluding tert-OH is 2. The first-order valence-electron chi connectivity index (χ1n) is 29.2. The molecule has 0 fully saturated rings. The minimum atomic E-state index is -0.789. The third-order valence-corrected chi connectivity index (χ3v) is 13.5. The molecule has 6 nitrogen and oxygen atoms in total. The van der Waals surface area contributed by atoms with Crippen LogP contribution >= 0.6 is 0 Å². The Bertz CT molecular complexity index is 1090. The lowest BCUT2D eigenvalue weighted by atomic mass is 10.0. The Morgan fingerprint density at radius 3 is 1.15 bits per heavy atom. The van der Waals surface area contributed by atoms with Crippen molar-refractivity contribution in [1.29, 1.82) is 0 Å². The summed E-state index contributed by atoms with van der Waals surface area (Å²) in [6, 6.07) is -0.703. The van der Waals surface area contributed by atoms with E-state index in [1.807, 2.05) is 0 Å². The van der Waals surface area contributed by atoms with Crippen molar-refractivity contribution in [3.05, 3.63) is 36.5 Å². The van der Waals surface area contributed by atoms with Crippen LogP contribution in [-0.2, 0) is 14.3 Å². The number of carbonyl (C=O) groups is 2. The van der Waals surface area contributed by atoms with Gasteiger partial charge in [-0.2, -0.15) is 0 Å². The molecule has 0 aromatic carbocycles. The lowest BCUT2D eigenvalue weighted by Crippen LogP contribution is -2.46. The highest BCUT2D eigenvalue weighted by atomic mass is 16.5. The molecule has 388 valence electrons. The van der Waals surface area contributed by atoms with Crippen LogP contribution in [0.4, 0.5) is 0 Å². The van der Waals surface area contributed by atoms with Crippen LogP contribution in [-0.4, -0.2) is 46.9 Å². The Morgan fingerprint density at radius 1 is 0.439 bits per heavy atom. The molecule has 1 amide bonds. The van der Waals surface area contributed by atoms with E-state index in [0.29, 0.717) is 19.3 Å². The Balaban J connectivity index is 4.57. The van der Waals surface area contributed by atoms with Crippen LogP contribution in [0.15, 0.2) is 36.5 Å². The SMILES string of the molecule is CCCCCCC/C=C/C=C/C=C/CCCCCCCC(=O)OC(CCCCCCCCCCCCCCCCCCC)CC(=O)NC(CO)C(O)CCCCCCCCCCCCCC. The maximum absolute atomic E-state index is 13.3. The number of allylic oxidation sites excluding steroid dienone is 6. The highest BCUT2D eigenvalue weighted by Gasteiger charge is 2.24. The molecular formula is C60H113NO5. The van der Waals surface area contributed by atoms with Gasteiger partial charge in [0.2, 0.25) is 5.91 Å². The Labute approximate surface area is 411 Å². The molecule has 0 heterocycles. The largest absolute Gasteiger partial charge is 0.462 e. The number of ether oxygens (including phenoxy) is 1. The van der Waals surface area contributed by atoms with Gasteiger partial charge in [0.15, 0.2) is 0 Å². The Morgan fingerprint density at radius 2 is 0.773 bits per heavy atom. The predicted molar refractivity (Wildman–Crippen MR) is 287 cm³/mol. The quantitative estimate of drug-likeness (QED) is 0.0321. The highest BCUT2D eigenvalue weighted by molar-refractivity contribution is 5.77. The van der Waals surface area contributed by atoms with E-state index >= 15 is 0 Å². The second-order valence-electron chi connectivity index (χ2n) is 20.1. The highest BCUT2D eigenvalue weighted by Crippen LogP contribution is 2.19. The molecule has 66 heavy (non-hydrogen) atoms. The van der Waals surface area contributed by atoms with Crippen LogP contribution in [0.5, 0.6) is 0 Å². The van der Waals surface area contributed by atoms with Gasteiger partial charge in [-0.25, -0.2) is 0 Å². The number of rotatable bonds is 53. The van der Waals surface area contributed by atoms with E-state index in [-0.39, 0.29) is 24.9 Å². The van der Waals surface area contributed by atoms with E-state index in [1.54, 1.807) is 0 Å². The van der Waals surface area contributed by atoms with Crippen molar-refractivity contribution in [2.75, 3.05) is 6.61 Å². The third-order valence-electron chi connectivity index (χ3n) is 13.5. The van der Waals surface area contributed by atoms with Gasteiger partial charge in [-0.3, -0.25) is 9.59 Å². The van der Waals surface area contributed by atoms with Crippen LogP contribution in [0.1, 0.15) is 310 Å². The number of nitrogens with one attached hydrogen (secondary N) is 1. The van der Waals surface area contributed by atoms with E-state index in [4.69, 9.17) is 4.74 Å². The summed E-state index contributed by atoms with van der Waals surface area (Å²) in [5, 5.41) is 23.9. The smallest absolute Gasteiger partial charge is 0.306 e. The average Bonchev–Trinajstić information content (AvgIpc) is 3.31. The molecule has 0 aromatic heterocycles. The van der Waals surface area contributed by atoms with Gasteiger partial charge in [-0.05, 0) is 51.4 Å². The van der Waals surface area contributed by atoms with E-state index in [1.165, 1.54) is 199 Å². The maximum atomic E-state index is 13.3. The van der Waals surface area contributed by atoms with Gasteiger partial charge in [0.25, 0.3) is 0 Å². The fourth-order valence-corrected chi connectivity index (χ4v) is 9.08. The summed E-state index contributed by atoms with van der Waals surface area (Å²) in [4.78, 5) is 26.3. The first kappa shape index (κ1) is 64.1. The molecule has 3 atom stereocenters. The monoisotopic (exact) mass is 928 g/mol. The first-order valence-corrected chi connectivity index (χ1v) is 29.2. The van der Waals surface area contributed by atoms with E-state index in [9.17, 15) is 19.8 Å². The van der Waals surface area contributed by atoms with Crippen LogP contribution < -0.4 is 5.32 Å². The number of hydrogen-bond donors (Lipinski definition) is 3. The van der Waals surface area contributed by atoms with Gasteiger partial charge in [0, 0.05) is 6.42 Å². The van der Waals surface area contributed by atoms with Crippen LogP contribution in [0, 0.1) is 0 Å². The van der Waals surface area contributed by atoms with Crippen molar-refractivity contribution in [1.82, 2.24) is 5.32 Å². The molecule has 0 aliphatic heterocycles. The number of amides is 1. The minimum Gasteiger partial charge on any atom is -0.462 e. The van der Waals surface area contributed by atoms with Crippen molar-refractivity contribution < 1.29 is 24.5 Å².